The van der Waals surface area contributed by atoms with Crippen molar-refractivity contribution in [3.8, 4) is 28.7 Å². The van der Waals surface area contributed by atoms with Gasteiger partial charge in [0.1, 0.15) is 54.1 Å². The summed E-state index contributed by atoms with van der Waals surface area (Å²) in [6, 6.07) is 38.3. The lowest BCUT2D eigenvalue weighted by molar-refractivity contribution is 0.0322. The Labute approximate surface area is 459 Å². The van der Waals surface area contributed by atoms with Gasteiger partial charge >= 0.3 is 5.97 Å². The third-order valence-corrected chi connectivity index (χ3v) is 12.5. The summed E-state index contributed by atoms with van der Waals surface area (Å²) in [6.45, 7) is 30.0. The van der Waals surface area contributed by atoms with Gasteiger partial charge in [-0.15, -0.1) is 0 Å². The predicted octanol–water partition coefficient (Wildman–Crippen LogP) is 14.3. The number of nitrogens with zero attached hydrogens (tertiary/aromatic N) is 2. The summed E-state index contributed by atoms with van der Waals surface area (Å²) < 4.78 is 43.3. The van der Waals surface area contributed by atoms with E-state index in [2.05, 4.69) is 87.7 Å². The molecule has 5 aromatic rings. The number of morpholine rings is 1. The summed E-state index contributed by atoms with van der Waals surface area (Å²) >= 11 is 0. The minimum Gasteiger partial charge on any atom is -0.494 e. The Morgan fingerprint density at radius 3 is 1.26 bits per heavy atom. The fraction of sp³-hybridized carbons (Fsp3) is 0.523. The lowest BCUT2D eigenvalue weighted by Gasteiger charge is -2.26. The summed E-state index contributed by atoms with van der Waals surface area (Å²) in [6.07, 6.45) is 12.4. The van der Waals surface area contributed by atoms with Crippen LogP contribution >= 0.6 is 0 Å². The molecule has 420 valence electrons. The van der Waals surface area contributed by atoms with Crippen LogP contribution < -0.4 is 23.7 Å². The van der Waals surface area contributed by atoms with Crippen LogP contribution in [0.15, 0.2) is 115 Å². The van der Waals surface area contributed by atoms with Gasteiger partial charge in [0.15, 0.2) is 0 Å². The first-order chi connectivity index (χ1) is 37.0. The van der Waals surface area contributed by atoms with Gasteiger partial charge in [-0.25, -0.2) is 4.79 Å². The second kappa shape index (κ2) is 41.6. The Bertz CT molecular complexity index is 2170. The van der Waals surface area contributed by atoms with E-state index in [1.807, 2.05) is 86.6 Å². The molecule has 0 amide bonds. The molecule has 0 saturated carbocycles. The van der Waals surface area contributed by atoms with Gasteiger partial charge < -0.3 is 37.9 Å². The number of benzene rings is 5. The highest BCUT2D eigenvalue weighted by molar-refractivity contribution is 5.92. The van der Waals surface area contributed by atoms with Crippen LogP contribution in [0.3, 0.4) is 0 Å². The van der Waals surface area contributed by atoms with Crippen LogP contribution in [0.25, 0.3) is 0 Å². The van der Waals surface area contributed by atoms with Crippen molar-refractivity contribution in [2.45, 2.75) is 120 Å². The van der Waals surface area contributed by atoms with E-state index in [4.69, 9.17) is 37.9 Å². The smallest absolute Gasteiger partial charge is 0.341 e. The van der Waals surface area contributed by atoms with Crippen molar-refractivity contribution in [3.63, 3.8) is 0 Å². The van der Waals surface area contributed by atoms with Crippen molar-refractivity contribution < 1.29 is 42.7 Å². The summed E-state index contributed by atoms with van der Waals surface area (Å²) in [5.74, 6) is 4.11. The van der Waals surface area contributed by atoms with Crippen molar-refractivity contribution in [3.05, 3.63) is 149 Å². The number of unbranched alkanes of at least 4 members (excludes halogenated alkanes) is 6. The second-order valence-corrected chi connectivity index (χ2v) is 19.3. The standard InChI is InChI=1S/C15H22O3.C13H19NO2.C13H19NO.C13H20O.C11H16O2/c1-4-5-6-7-10-18-14-9-8-12(2)11-13(14)15(16)17-3;1-12-2-4-13(5-3-12)16-11-8-14-6-9-15-10-7-14;1-12-4-6-13(7-5-12)15-11-10-14-8-2-3-9-14;1-3-4-5-6-11-14-13-9-7-12(2)8-10-13;1-3-12-8-9-13-11-6-4-10(2)5-7-11/h8-9,11H,4-7,10H2,1-3H3;2-5H,6-11H2,1H3;4-7H,2-3,8-11H2,1H3;7-10H,3-6,11H2,1-2H3;4-7H,3,8-9H2,1-2H3. The minimum absolute atomic E-state index is 0.345. The third kappa shape index (κ3) is 30.8. The number of hydrogen-bond donors (Lipinski definition) is 0. The number of carbonyl (C=O) groups excluding carboxylic acids is 1. The molecule has 0 radical (unpaired) electrons. The van der Waals surface area contributed by atoms with E-state index in [1.165, 1.54) is 93.8 Å². The van der Waals surface area contributed by atoms with Crippen LogP contribution in [0, 0.1) is 34.6 Å². The van der Waals surface area contributed by atoms with Gasteiger partial charge in [-0.1, -0.05) is 135 Å². The van der Waals surface area contributed by atoms with Gasteiger partial charge in [-0.05, 0) is 141 Å². The first kappa shape index (κ1) is 64.7. The Hall–Kier alpha value is -5.59. The molecule has 2 aliphatic heterocycles. The molecule has 5 aromatic carbocycles. The lowest BCUT2D eigenvalue weighted by Crippen LogP contribution is -2.38. The van der Waals surface area contributed by atoms with Crippen molar-refractivity contribution in [2.75, 3.05) is 106 Å². The quantitative estimate of drug-likeness (QED) is 0.0391. The van der Waals surface area contributed by atoms with Crippen molar-refractivity contribution in [1.29, 1.82) is 0 Å². The van der Waals surface area contributed by atoms with Crippen molar-refractivity contribution in [2.24, 2.45) is 0 Å². The van der Waals surface area contributed by atoms with Crippen LogP contribution in [-0.2, 0) is 14.2 Å². The summed E-state index contributed by atoms with van der Waals surface area (Å²) in [7, 11) is 1.38. The molecule has 11 heteroatoms. The Morgan fingerprint density at radius 1 is 0.447 bits per heavy atom. The molecule has 2 aliphatic rings. The molecule has 0 aromatic heterocycles. The molecular formula is C65H96N2O9. The van der Waals surface area contributed by atoms with E-state index in [0.717, 1.165) is 107 Å². The summed E-state index contributed by atoms with van der Waals surface area (Å²) in [5, 5.41) is 0. The maximum Gasteiger partial charge on any atom is 0.341 e. The number of esters is 1. The van der Waals surface area contributed by atoms with Gasteiger partial charge in [-0.3, -0.25) is 9.80 Å². The van der Waals surface area contributed by atoms with Crippen molar-refractivity contribution in [1.82, 2.24) is 9.80 Å². The predicted molar refractivity (Wildman–Crippen MR) is 312 cm³/mol. The average Bonchev–Trinajstić information content (AvgIpc) is 3.97. The Balaban J connectivity index is 0.000000251. The third-order valence-electron chi connectivity index (χ3n) is 12.5. The molecule has 2 fully saturated rings. The zero-order chi connectivity index (χ0) is 54.9. The molecule has 11 nitrogen and oxygen atoms in total. The molecule has 0 atom stereocenters. The van der Waals surface area contributed by atoms with Crippen LogP contribution in [0.2, 0.25) is 0 Å². The molecule has 0 bridgehead atoms. The number of ether oxygens (including phenoxy) is 8. The zero-order valence-electron chi connectivity index (χ0n) is 48.2. The van der Waals surface area contributed by atoms with Gasteiger partial charge in [0.05, 0.1) is 40.1 Å². The average molecular weight is 1050 g/mol. The van der Waals surface area contributed by atoms with Gasteiger partial charge in [0.25, 0.3) is 0 Å². The molecule has 7 rings (SSSR count). The topological polar surface area (TPSA) is 97.4 Å². The minimum atomic E-state index is -0.345. The molecule has 76 heavy (non-hydrogen) atoms. The molecule has 2 saturated heterocycles. The van der Waals surface area contributed by atoms with E-state index in [9.17, 15) is 4.79 Å². The van der Waals surface area contributed by atoms with Gasteiger partial charge in [0.2, 0.25) is 0 Å². The Kier molecular flexibility index (Phi) is 35.4. The fourth-order valence-electron chi connectivity index (χ4n) is 7.79. The summed E-state index contributed by atoms with van der Waals surface area (Å²) in [4.78, 5) is 16.5. The molecular weight excluding hydrogens is 953 g/mol. The Morgan fingerprint density at radius 2 is 0.842 bits per heavy atom. The number of aryl methyl sites for hydroxylation is 5. The molecule has 0 unspecified atom stereocenters. The fourth-order valence-corrected chi connectivity index (χ4v) is 7.79. The van der Waals surface area contributed by atoms with E-state index in [0.29, 0.717) is 31.1 Å². The SMILES string of the molecule is CCCCCCOc1ccc(C)cc1.CCCCCCOc1ccc(C)cc1C(=O)OC.CCOCCOc1ccc(C)cc1.Cc1ccc(OCCN2CCCC2)cc1.Cc1ccc(OCCN2CCOCC2)cc1. The van der Waals surface area contributed by atoms with Gasteiger partial charge in [0, 0.05) is 32.8 Å². The highest BCUT2D eigenvalue weighted by Crippen LogP contribution is 2.22. The number of carbonyl (C=O) groups is 1. The first-order valence-electron chi connectivity index (χ1n) is 28.2. The maximum atomic E-state index is 11.6. The molecule has 2 heterocycles. The number of rotatable bonds is 26. The summed E-state index contributed by atoms with van der Waals surface area (Å²) in [5.41, 5.74) is 6.60. The van der Waals surface area contributed by atoms with Crippen LogP contribution in [0.5, 0.6) is 28.7 Å². The largest absolute Gasteiger partial charge is 0.494 e. The zero-order valence-corrected chi connectivity index (χ0v) is 48.2. The molecule has 0 N–H and O–H groups in total. The lowest BCUT2D eigenvalue weighted by atomic mass is 10.1. The van der Waals surface area contributed by atoms with E-state index < -0.39 is 0 Å². The molecule has 0 spiro atoms. The van der Waals surface area contributed by atoms with Gasteiger partial charge in [-0.2, -0.15) is 0 Å². The maximum absolute atomic E-state index is 11.6. The molecule has 0 aliphatic carbocycles. The normalized spacial score (nSPS) is 13.0. The van der Waals surface area contributed by atoms with Crippen LogP contribution in [0.4, 0.5) is 0 Å². The highest BCUT2D eigenvalue weighted by atomic mass is 16.5. The number of methoxy groups -OCH3 is 1. The first-order valence-corrected chi connectivity index (χ1v) is 28.2. The van der Waals surface area contributed by atoms with Crippen LogP contribution in [0.1, 0.15) is 123 Å². The number of likely N-dealkylation sites (tertiary alicyclic amines) is 1. The van der Waals surface area contributed by atoms with E-state index in [1.54, 1.807) is 6.07 Å². The van der Waals surface area contributed by atoms with Crippen molar-refractivity contribution >= 4 is 5.97 Å². The van der Waals surface area contributed by atoms with Crippen LogP contribution in [-0.4, -0.2) is 122 Å². The number of hydrogen-bond acceptors (Lipinski definition) is 11. The van der Waals surface area contributed by atoms with E-state index >= 15 is 0 Å². The highest BCUT2D eigenvalue weighted by Gasteiger charge is 2.14. The monoisotopic (exact) mass is 1050 g/mol. The van der Waals surface area contributed by atoms with E-state index in [-0.39, 0.29) is 5.97 Å². The second-order valence-electron chi connectivity index (χ2n) is 19.3.